The largest absolute Gasteiger partial charge is 0.368 e. The molecular weight excluding hydrogens is 204 g/mol. The van der Waals surface area contributed by atoms with Gasteiger partial charge < -0.3 is 5.73 Å². The third kappa shape index (κ3) is 3.06. The van der Waals surface area contributed by atoms with Gasteiger partial charge in [0.05, 0.1) is 11.2 Å². The van der Waals surface area contributed by atoms with E-state index in [0.717, 1.165) is 5.69 Å². The molecule has 0 aliphatic heterocycles. The summed E-state index contributed by atoms with van der Waals surface area (Å²) in [5.41, 5.74) is 5.46. The van der Waals surface area contributed by atoms with Gasteiger partial charge in [-0.2, -0.15) is 5.10 Å². The Labute approximate surface area is 96.0 Å². The maximum absolute atomic E-state index is 11.1. The summed E-state index contributed by atoms with van der Waals surface area (Å²) in [4.78, 5) is 11.1. The van der Waals surface area contributed by atoms with E-state index in [1.54, 1.807) is 13.8 Å². The molecule has 16 heavy (non-hydrogen) atoms. The lowest BCUT2D eigenvalue weighted by molar-refractivity contribution is -0.123. The van der Waals surface area contributed by atoms with Crippen LogP contribution in [-0.4, -0.2) is 21.2 Å². The minimum Gasteiger partial charge on any atom is -0.368 e. The normalized spacial score (nSPS) is 12.1. The molecule has 90 valence electrons. The summed E-state index contributed by atoms with van der Waals surface area (Å²) < 4.78 is 1.88. The molecule has 1 heterocycles. The highest BCUT2D eigenvalue weighted by molar-refractivity contribution is 5.83. The molecule has 0 aliphatic rings. The SMILES string of the molecule is CC(C)n1ccc(CNC(C)(C)C(N)=O)n1. The number of rotatable bonds is 5. The molecule has 1 amide bonds. The van der Waals surface area contributed by atoms with Gasteiger partial charge in [-0.25, -0.2) is 0 Å². The van der Waals surface area contributed by atoms with Gasteiger partial charge in [-0.3, -0.25) is 14.8 Å². The van der Waals surface area contributed by atoms with Gasteiger partial charge in [-0.1, -0.05) is 0 Å². The highest BCUT2D eigenvalue weighted by atomic mass is 16.1. The van der Waals surface area contributed by atoms with Crippen molar-refractivity contribution in [1.29, 1.82) is 0 Å². The van der Waals surface area contributed by atoms with Crippen molar-refractivity contribution in [3.05, 3.63) is 18.0 Å². The van der Waals surface area contributed by atoms with E-state index in [9.17, 15) is 4.79 Å². The molecule has 0 fully saturated rings. The fourth-order valence-electron chi connectivity index (χ4n) is 1.16. The Morgan fingerprint density at radius 1 is 1.62 bits per heavy atom. The number of carbonyl (C=O) groups excluding carboxylic acids is 1. The second-order valence-corrected chi connectivity index (χ2v) is 4.72. The van der Waals surface area contributed by atoms with Gasteiger partial charge in [0.2, 0.25) is 5.91 Å². The summed E-state index contributed by atoms with van der Waals surface area (Å²) in [6.45, 7) is 8.19. The fraction of sp³-hybridized carbons (Fsp3) is 0.636. The van der Waals surface area contributed by atoms with Crippen LogP contribution in [0.4, 0.5) is 0 Å². The van der Waals surface area contributed by atoms with Crippen LogP contribution in [0, 0.1) is 0 Å². The van der Waals surface area contributed by atoms with Crippen molar-refractivity contribution in [2.75, 3.05) is 0 Å². The number of carbonyl (C=O) groups is 1. The number of aromatic nitrogens is 2. The van der Waals surface area contributed by atoms with E-state index in [4.69, 9.17) is 5.73 Å². The quantitative estimate of drug-likeness (QED) is 0.777. The summed E-state index contributed by atoms with van der Waals surface area (Å²) in [5, 5.41) is 7.45. The van der Waals surface area contributed by atoms with Crippen molar-refractivity contribution >= 4 is 5.91 Å². The summed E-state index contributed by atoms with van der Waals surface area (Å²) in [7, 11) is 0. The van der Waals surface area contributed by atoms with E-state index in [0.29, 0.717) is 12.6 Å². The van der Waals surface area contributed by atoms with Gasteiger partial charge in [0, 0.05) is 18.8 Å². The van der Waals surface area contributed by atoms with Gasteiger partial charge in [0.25, 0.3) is 0 Å². The molecule has 1 aromatic rings. The summed E-state index contributed by atoms with van der Waals surface area (Å²) in [6.07, 6.45) is 1.93. The van der Waals surface area contributed by atoms with Crippen LogP contribution in [0.1, 0.15) is 39.4 Å². The maximum Gasteiger partial charge on any atom is 0.237 e. The Morgan fingerprint density at radius 2 is 2.25 bits per heavy atom. The molecule has 0 aromatic carbocycles. The number of hydrogen-bond acceptors (Lipinski definition) is 3. The third-order valence-corrected chi connectivity index (χ3v) is 2.52. The first kappa shape index (κ1) is 12.7. The maximum atomic E-state index is 11.1. The Bertz CT molecular complexity index is 368. The summed E-state index contributed by atoms with van der Waals surface area (Å²) in [5.74, 6) is -0.365. The average molecular weight is 224 g/mol. The van der Waals surface area contributed by atoms with Gasteiger partial charge >= 0.3 is 0 Å². The van der Waals surface area contributed by atoms with Gasteiger partial charge in [-0.05, 0) is 33.8 Å². The van der Waals surface area contributed by atoms with Crippen LogP contribution in [0.15, 0.2) is 12.3 Å². The summed E-state index contributed by atoms with van der Waals surface area (Å²) >= 11 is 0. The lowest BCUT2D eigenvalue weighted by Gasteiger charge is -2.21. The molecular formula is C11H20N4O. The topological polar surface area (TPSA) is 72.9 Å². The standard InChI is InChI=1S/C11H20N4O/c1-8(2)15-6-5-9(14-15)7-13-11(3,4)10(12)16/h5-6,8,13H,7H2,1-4H3,(H2,12,16). The highest BCUT2D eigenvalue weighted by Crippen LogP contribution is 2.06. The number of amides is 1. The number of hydrogen-bond donors (Lipinski definition) is 2. The average Bonchev–Trinajstić information content (AvgIpc) is 2.63. The van der Waals surface area contributed by atoms with Crippen molar-refractivity contribution in [3.8, 4) is 0 Å². The summed E-state index contributed by atoms with van der Waals surface area (Å²) in [6, 6.07) is 2.28. The number of nitrogens with zero attached hydrogens (tertiary/aromatic N) is 2. The zero-order valence-corrected chi connectivity index (χ0v) is 10.3. The first-order chi connectivity index (χ1) is 7.33. The van der Waals surface area contributed by atoms with Crippen molar-refractivity contribution in [3.63, 3.8) is 0 Å². The van der Waals surface area contributed by atoms with Crippen LogP contribution in [0.3, 0.4) is 0 Å². The smallest absolute Gasteiger partial charge is 0.237 e. The number of primary amides is 1. The van der Waals surface area contributed by atoms with E-state index in [-0.39, 0.29) is 5.91 Å². The van der Waals surface area contributed by atoms with Crippen LogP contribution >= 0.6 is 0 Å². The van der Waals surface area contributed by atoms with Crippen molar-refractivity contribution in [1.82, 2.24) is 15.1 Å². The molecule has 1 aromatic heterocycles. The van der Waals surface area contributed by atoms with Crippen LogP contribution in [0.5, 0.6) is 0 Å². The predicted octanol–water partition coefficient (Wildman–Crippen LogP) is 0.818. The highest BCUT2D eigenvalue weighted by Gasteiger charge is 2.23. The molecule has 1 rings (SSSR count). The molecule has 0 saturated carbocycles. The third-order valence-electron chi connectivity index (χ3n) is 2.52. The molecule has 0 bridgehead atoms. The van der Waals surface area contributed by atoms with Crippen molar-refractivity contribution in [2.24, 2.45) is 5.73 Å². The van der Waals surface area contributed by atoms with Gasteiger partial charge in [0.1, 0.15) is 0 Å². The molecule has 0 unspecified atom stereocenters. The van der Waals surface area contributed by atoms with E-state index in [1.807, 2.05) is 16.9 Å². The number of nitrogens with one attached hydrogen (secondary N) is 1. The molecule has 0 saturated heterocycles. The van der Waals surface area contributed by atoms with Crippen molar-refractivity contribution < 1.29 is 4.79 Å². The molecule has 5 heteroatoms. The predicted molar refractivity (Wildman–Crippen MR) is 62.7 cm³/mol. The van der Waals surface area contributed by atoms with Crippen molar-refractivity contribution in [2.45, 2.75) is 45.8 Å². The fourth-order valence-corrected chi connectivity index (χ4v) is 1.16. The minimum atomic E-state index is -0.707. The zero-order chi connectivity index (χ0) is 12.3. The molecule has 0 radical (unpaired) electrons. The second kappa shape index (κ2) is 4.65. The van der Waals surface area contributed by atoms with E-state index >= 15 is 0 Å². The Balaban J connectivity index is 2.58. The van der Waals surface area contributed by atoms with Crippen LogP contribution in [0.25, 0.3) is 0 Å². The lowest BCUT2D eigenvalue weighted by Crippen LogP contribution is -2.50. The van der Waals surface area contributed by atoms with E-state index < -0.39 is 5.54 Å². The van der Waals surface area contributed by atoms with Crippen LogP contribution < -0.4 is 11.1 Å². The molecule has 5 nitrogen and oxygen atoms in total. The van der Waals surface area contributed by atoms with E-state index in [1.165, 1.54) is 0 Å². The monoisotopic (exact) mass is 224 g/mol. The molecule has 0 atom stereocenters. The molecule has 0 spiro atoms. The minimum absolute atomic E-state index is 0.345. The number of nitrogens with two attached hydrogens (primary N) is 1. The second-order valence-electron chi connectivity index (χ2n) is 4.72. The van der Waals surface area contributed by atoms with Gasteiger partial charge in [0.15, 0.2) is 0 Å². The Hall–Kier alpha value is -1.36. The first-order valence-corrected chi connectivity index (χ1v) is 5.42. The Morgan fingerprint density at radius 3 is 2.69 bits per heavy atom. The van der Waals surface area contributed by atoms with Gasteiger partial charge in [-0.15, -0.1) is 0 Å². The van der Waals surface area contributed by atoms with Crippen LogP contribution in [0.2, 0.25) is 0 Å². The molecule has 3 N–H and O–H groups in total. The zero-order valence-electron chi connectivity index (χ0n) is 10.3. The first-order valence-electron chi connectivity index (χ1n) is 5.42. The van der Waals surface area contributed by atoms with E-state index in [2.05, 4.69) is 24.3 Å². The van der Waals surface area contributed by atoms with Crippen LogP contribution in [-0.2, 0) is 11.3 Å². The lowest BCUT2D eigenvalue weighted by atomic mass is 10.1. The Kier molecular flexibility index (Phi) is 3.70. The molecule has 0 aliphatic carbocycles.